The standard InChI is InChI=1S/C17H28N2O/c1-14-13-18-9-10-19(14)11-12-20-16-7-5-15(6-8-16)17(2,3)4/h5-8,14,18H,9-13H2,1-4H3. The molecule has 1 saturated heterocycles. The summed E-state index contributed by atoms with van der Waals surface area (Å²) in [6.07, 6.45) is 0. The van der Waals surface area contributed by atoms with Gasteiger partial charge in [0.25, 0.3) is 0 Å². The van der Waals surface area contributed by atoms with Crippen LogP contribution in [0.5, 0.6) is 5.75 Å². The van der Waals surface area contributed by atoms with Crippen LogP contribution in [0, 0.1) is 0 Å². The number of ether oxygens (including phenoxy) is 1. The molecule has 1 aromatic rings. The molecule has 2 rings (SSSR count). The normalized spacial score (nSPS) is 20.9. The fourth-order valence-electron chi connectivity index (χ4n) is 2.55. The zero-order valence-corrected chi connectivity index (χ0v) is 13.3. The zero-order valence-electron chi connectivity index (χ0n) is 13.3. The molecule has 1 fully saturated rings. The summed E-state index contributed by atoms with van der Waals surface area (Å²) >= 11 is 0. The van der Waals surface area contributed by atoms with Crippen LogP contribution in [-0.4, -0.2) is 43.7 Å². The minimum absolute atomic E-state index is 0.203. The van der Waals surface area contributed by atoms with Gasteiger partial charge in [0.1, 0.15) is 12.4 Å². The molecule has 0 bridgehead atoms. The molecular formula is C17H28N2O. The van der Waals surface area contributed by atoms with Crippen molar-refractivity contribution in [2.45, 2.75) is 39.2 Å². The zero-order chi connectivity index (χ0) is 14.6. The van der Waals surface area contributed by atoms with Crippen LogP contribution in [0.25, 0.3) is 0 Å². The van der Waals surface area contributed by atoms with Gasteiger partial charge in [-0.3, -0.25) is 4.90 Å². The van der Waals surface area contributed by atoms with E-state index in [4.69, 9.17) is 4.74 Å². The summed E-state index contributed by atoms with van der Waals surface area (Å²) in [5.74, 6) is 0.973. The lowest BCUT2D eigenvalue weighted by molar-refractivity contribution is 0.143. The van der Waals surface area contributed by atoms with E-state index in [0.717, 1.165) is 38.5 Å². The molecule has 3 heteroatoms. The van der Waals surface area contributed by atoms with Gasteiger partial charge in [-0.15, -0.1) is 0 Å². The van der Waals surface area contributed by atoms with E-state index in [2.05, 4.69) is 62.2 Å². The maximum atomic E-state index is 5.86. The number of piperazine rings is 1. The highest BCUT2D eigenvalue weighted by atomic mass is 16.5. The minimum Gasteiger partial charge on any atom is -0.492 e. The van der Waals surface area contributed by atoms with Gasteiger partial charge in [0.05, 0.1) is 0 Å². The van der Waals surface area contributed by atoms with E-state index in [0.29, 0.717) is 6.04 Å². The second-order valence-electron chi connectivity index (χ2n) is 6.71. The monoisotopic (exact) mass is 276 g/mol. The van der Waals surface area contributed by atoms with Crippen LogP contribution in [0.2, 0.25) is 0 Å². The van der Waals surface area contributed by atoms with E-state index in [1.807, 2.05) is 0 Å². The van der Waals surface area contributed by atoms with Crippen molar-refractivity contribution in [1.29, 1.82) is 0 Å². The number of hydrogen-bond donors (Lipinski definition) is 1. The van der Waals surface area contributed by atoms with Gasteiger partial charge in [0.15, 0.2) is 0 Å². The average Bonchev–Trinajstić information content (AvgIpc) is 2.40. The summed E-state index contributed by atoms with van der Waals surface area (Å²) in [6.45, 7) is 14.0. The van der Waals surface area contributed by atoms with Crippen molar-refractivity contribution in [3.05, 3.63) is 29.8 Å². The Hall–Kier alpha value is -1.06. The van der Waals surface area contributed by atoms with Gasteiger partial charge < -0.3 is 10.1 Å². The molecule has 1 N–H and O–H groups in total. The Morgan fingerprint density at radius 2 is 1.95 bits per heavy atom. The van der Waals surface area contributed by atoms with Crippen LogP contribution >= 0.6 is 0 Å². The van der Waals surface area contributed by atoms with Gasteiger partial charge in [0.2, 0.25) is 0 Å². The average molecular weight is 276 g/mol. The van der Waals surface area contributed by atoms with Gasteiger partial charge in [0, 0.05) is 32.2 Å². The number of nitrogens with one attached hydrogen (secondary N) is 1. The molecule has 0 aromatic heterocycles. The van der Waals surface area contributed by atoms with Crippen LogP contribution in [0.15, 0.2) is 24.3 Å². The number of benzene rings is 1. The molecule has 0 saturated carbocycles. The first-order valence-electron chi connectivity index (χ1n) is 7.65. The lowest BCUT2D eigenvalue weighted by atomic mass is 9.87. The molecule has 3 nitrogen and oxygen atoms in total. The highest BCUT2D eigenvalue weighted by Gasteiger charge is 2.17. The Morgan fingerprint density at radius 3 is 2.55 bits per heavy atom. The molecule has 1 atom stereocenters. The third-order valence-electron chi connectivity index (χ3n) is 4.01. The number of hydrogen-bond acceptors (Lipinski definition) is 3. The van der Waals surface area contributed by atoms with Crippen LogP contribution in [-0.2, 0) is 5.41 Å². The Morgan fingerprint density at radius 1 is 1.25 bits per heavy atom. The highest BCUT2D eigenvalue weighted by molar-refractivity contribution is 5.31. The molecule has 1 aromatic carbocycles. The molecule has 1 heterocycles. The summed E-state index contributed by atoms with van der Waals surface area (Å²) in [7, 11) is 0. The van der Waals surface area contributed by atoms with Crippen molar-refractivity contribution in [1.82, 2.24) is 10.2 Å². The van der Waals surface area contributed by atoms with E-state index in [1.165, 1.54) is 5.56 Å². The smallest absolute Gasteiger partial charge is 0.119 e. The number of nitrogens with zero attached hydrogens (tertiary/aromatic N) is 1. The fourth-order valence-corrected chi connectivity index (χ4v) is 2.55. The van der Waals surface area contributed by atoms with Gasteiger partial charge in [-0.1, -0.05) is 32.9 Å². The molecule has 20 heavy (non-hydrogen) atoms. The quantitative estimate of drug-likeness (QED) is 0.915. The maximum Gasteiger partial charge on any atom is 0.119 e. The second-order valence-corrected chi connectivity index (χ2v) is 6.71. The van der Waals surface area contributed by atoms with Crippen molar-refractivity contribution in [3.63, 3.8) is 0 Å². The molecule has 0 aliphatic carbocycles. The van der Waals surface area contributed by atoms with Crippen molar-refractivity contribution in [2.24, 2.45) is 0 Å². The number of rotatable bonds is 4. The predicted octanol–water partition coefficient (Wildman–Crippen LogP) is 2.66. The topological polar surface area (TPSA) is 24.5 Å². The third kappa shape index (κ3) is 4.22. The molecular weight excluding hydrogens is 248 g/mol. The SMILES string of the molecule is CC1CNCCN1CCOc1ccc(C(C)(C)C)cc1. The third-order valence-corrected chi connectivity index (χ3v) is 4.01. The van der Waals surface area contributed by atoms with E-state index in [9.17, 15) is 0 Å². The maximum absolute atomic E-state index is 5.86. The van der Waals surface area contributed by atoms with E-state index in [1.54, 1.807) is 0 Å². The molecule has 1 aliphatic heterocycles. The molecule has 0 amide bonds. The lowest BCUT2D eigenvalue weighted by Crippen LogP contribution is -2.50. The Labute approximate surface area is 123 Å². The summed E-state index contributed by atoms with van der Waals surface area (Å²) in [5, 5.41) is 3.41. The van der Waals surface area contributed by atoms with Gasteiger partial charge in [-0.05, 0) is 30.0 Å². The van der Waals surface area contributed by atoms with Gasteiger partial charge in [-0.25, -0.2) is 0 Å². The largest absolute Gasteiger partial charge is 0.492 e. The first-order chi connectivity index (χ1) is 9.47. The summed E-state index contributed by atoms with van der Waals surface area (Å²) in [4.78, 5) is 2.49. The van der Waals surface area contributed by atoms with Crippen molar-refractivity contribution < 1.29 is 4.74 Å². The van der Waals surface area contributed by atoms with Crippen LogP contribution in [0.4, 0.5) is 0 Å². The van der Waals surface area contributed by atoms with Crippen LogP contribution < -0.4 is 10.1 Å². The second kappa shape index (κ2) is 6.59. The van der Waals surface area contributed by atoms with Crippen molar-refractivity contribution in [2.75, 3.05) is 32.8 Å². The molecule has 112 valence electrons. The Kier molecular flexibility index (Phi) is 5.06. The van der Waals surface area contributed by atoms with E-state index in [-0.39, 0.29) is 5.41 Å². The summed E-state index contributed by atoms with van der Waals surface area (Å²) < 4.78 is 5.86. The van der Waals surface area contributed by atoms with Crippen LogP contribution in [0.1, 0.15) is 33.3 Å². The Balaban J connectivity index is 1.79. The molecule has 0 spiro atoms. The van der Waals surface area contributed by atoms with Crippen molar-refractivity contribution in [3.8, 4) is 5.75 Å². The minimum atomic E-state index is 0.203. The van der Waals surface area contributed by atoms with E-state index >= 15 is 0 Å². The molecule has 1 aliphatic rings. The highest BCUT2D eigenvalue weighted by Crippen LogP contribution is 2.24. The van der Waals surface area contributed by atoms with Gasteiger partial charge >= 0.3 is 0 Å². The first kappa shape index (κ1) is 15.3. The van der Waals surface area contributed by atoms with E-state index < -0.39 is 0 Å². The first-order valence-corrected chi connectivity index (χ1v) is 7.65. The summed E-state index contributed by atoms with van der Waals surface area (Å²) in [5.41, 5.74) is 1.55. The van der Waals surface area contributed by atoms with Gasteiger partial charge in [-0.2, -0.15) is 0 Å². The van der Waals surface area contributed by atoms with Crippen molar-refractivity contribution >= 4 is 0 Å². The van der Waals surface area contributed by atoms with Crippen LogP contribution in [0.3, 0.4) is 0 Å². The lowest BCUT2D eigenvalue weighted by Gasteiger charge is -2.33. The molecule has 1 unspecified atom stereocenters. The molecule has 0 radical (unpaired) electrons. The fraction of sp³-hybridized carbons (Fsp3) is 0.647. The Bertz CT molecular complexity index is 408. The summed E-state index contributed by atoms with van der Waals surface area (Å²) in [6, 6.07) is 9.12. The predicted molar refractivity (Wildman–Crippen MR) is 84.5 cm³/mol.